The van der Waals surface area contributed by atoms with Gasteiger partial charge in [0.25, 0.3) is 5.91 Å². The monoisotopic (exact) mass is 319 g/mol. The summed E-state index contributed by atoms with van der Waals surface area (Å²) in [5.41, 5.74) is 1.96. The van der Waals surface area contributed by atoms with Gasteiger partial charge < -0.3 is 10.4 Å². The zero-order chi connectivity index (χ0) is 16.5. The zero-order valence-electron chi connectivity index (χ0n) is 13.2. The molecule has 1 amide bonds. The van der Waals surface area contributed by atoms with Gasteiger partial charge in [0.1, 0.15) is 5.75 Å². The van der Waals surface area contributed by atoms with Crippen LogP contribution in [0.25, 0.3) is 0 Å². The van der Waals surface area contributed by atoms with Crippen LogP contribution in [0.5, 0.6) is 5.75 Å². The van der Waals surface area contributed by atoms with Gasteiger partial charge in [0.05, 0.1) is 5.56 Å². The summed E-state index contributed by atoms with van der Waals surface area (Å²) in [7, 11) is 0. The van der Waals surface area contributed by atoms with Gasteiger partial charge in [0.2, 0.25) is 0 Å². The van der Waals surface area contributed by atoms with Crippen LogP contribution in [-0.4, -0.2) is 11.0 Å². The van der Waals surface area contributed by atoms with Crippen LogP contribution < -0.4 is 5.32 Å². The summed E-state index contributed by atoms with van der Waals surface area (Å²) in [6, 6.07) is 11.9. The SMILES string of the molecule is CC.CCCc1ccc(O)c(C(=O)Nc2ccc(Cl)cc2)c1. The molecule has 0 aliphatic carbocycles. The Morgan fingerprint density at radius 3 is 2.36 bits per heavy atom. The first kappa shape index (κ1) is 18.1. The maximum Gasteiger partial charge on any atom is 0.259 e. The van der Waals surface area contributed by atoms with E-state index >= 15 is 0 Å². The van der Waals surface area contributed by atoms with Crippen molar-refractivity contribution in [2.24, 2.45) is 0 Å². The molecule has 118 valence electrons. The number of rotatable bonds is 4. The fourth-order valence-electron chi connectivity index (χ4n) is 1.94. The number of anilines is 1. The molecule has 0 aromatic heterocycles. The molecule has 0 saturated carbocycles. The molecule has 0 aliphatic rings. The number of hydrogen-bond donors (Lipinski definition) is 2. The van der Waals surface area contributed by atoms with Gasteiger partial charge in [-0.15, -0.1) is 0 Å². The van der Waals surface area contributed by atoms with Gasteiger partial charge in [0.15, 0.2) is 0 Å². The van der Waals surface area contributed by atoms with Crippen LogP contribution in [0.1, 0.15) is 43.1 Å². The first-order chi connectivity index (χ1) is 10.6. The Morgan fingerprint density at radius 1 is 1.14 bits per heavy atom. The number of aromatic hydroxyl groups is 1. The van der Waals surface area contributed by atoms with Crippen molar-refractivity contribution in [3.05, 3.63) is 58.6 Å². The lowest BCUT2D eigenvalue weighted by atomic mass is 10.1. The summed E-state index contributed by atoms with van der Waals surface area (Å²) >= 11 is 5.79. The number of hydrogen-bond acceptors (Lipinski definition) is 2. The van der Waals surface area contributed by atoms with Crippen molar-refractivity contribution in [2.45, 2.75) is 33.6 Å². The van der Waals surface area contributed by atoms with Crippen LogP contribution in [0.3, 0.4) is 0 Å². The van der Waals surface area contributed by atoms with Crippen LogP contribution in [0, 0.1) is 0 Å². The molecule has 2 N–H and O–H groups in total. The Hall–Kier alpha value is -2.00. The van der Waals surface area contributed by atoms with Crippen LogP contribution >= 0.6 is 11.6 Å². The van der Waals surface area contributed by atoms with Gasteiger partial charge in [-0.25, -0.2) is 0 Å². The number of carbonyl (C=O) groups is 1. The molecule has 3 nitrogen and oxygen atoms in total. The Balaban J connectivity index is 0.00000116. The highest BCUT2D eigenvalue weighted by Crippen LogP contribution is 2.21. The highest BCUT2D eigenvalue weighted by atomic mass is 35.5. The summed E-state index contributed by atoms with van der Waals surface area (Å²) in [5.74, 6) is -0.348. The summed E-state index contributed by atoms with van der Waals surface area (Å²) < 4.78 is 0. The molecule has 0 spiro atoms. The number of carbonyl (C=O) groups excluding carboxylic acids is 1. The van der Waals surface area contributed by atoms with Crippen molar-refractivity contribution in [2.75, 3.05) is 5.32 Å². The number of nitrogens with one attached hydrogen (secondary N) is 1. The van der Waals surface area contributed by atoms with Gasteiger partial charge in [0, 0.05) is 10.7 Å². The van der Waals surface area contributed by atoms with Gasteiger partial charge in [-0.1, -0.05) is 44.9 Å². The average Bonchev–Trinajstić information content (AvgIpc) is 2.53. The molecule has 0 heterocycles. The summed E-state index contributed by atoms with van der Waals surface area (Å²) in [5, 5.41) is 13.2. The number of phenols is 1. The van der Waals surface area contributed by atoms with E-state index in [-0.39, 0.29) is 17.2 Å². The molecule has 0 unspecified atom stereocenters. The minimum absolute atomic E-state index is 0.0173. The van der Waals surface area contributed by atoms with E-state index in [0.717, 1.165) is 18.4 Å². The number of halogens is 1. The van der Waals surface area contributed by atoms with E-state index in [9.17, 15) is 9.90 Å². The molecule has 0 fully saturated rings. The predicted molar refractivity (Wildman–Crippen MR) is 92.9 cm³/mol. The van der Waals surface area contributed by atoms with Gasteiger partial charge in [-0.3, -0.25) is 4.79 Å². The van der Waals surface area contributed by atoms with Crippen LogP contribution in [0.2, 0.25) is 5.02 Å². The first-order valence-electron chi connectivity index (χ1n) is 7.49. The number of aryl methyl sites for hydroxylation is 1. The molecular formula is C18H22ClNO2. The predicted octanol–water partition coefficient (Wildman–Crippen LogP) is 5.28. The fraction of sp³-hybridized carbons (Fsp3) is 0.278. The molecular weight excluding hydrogens is 298 g/mol. The summed E-state index contributed by atoms with van der Waals surface area (Å²) in [4.78, 5) is 12.2. The quantitative estimate of drug-likeness (QED) is 0.805. The fourth-order valence-corrected chi connectivity index (χ4v) is 2.07. The topological polar surface area (TPSA) is 49.3 Å². The van der Waals surface area contributed by atoms with Crippen molar-refractivity contribution in [3.63, 3.8) is 0 Å². The van der Waals surface area contributed by atoms with Gasteiger partial charge in [-0.05, 0) is 48.4 Å². The first-order valence-corrected chi connectivity index (χ1v) is 7.86. The number of phenolic OH excluding ortho intramolecular Hbond substituents is 1. The van der Waals surface area contributed by atoms with E-state index in [1.54, 1.807) is 36.4 Å². The number of benzene rings is 2. The van der Waals surface area contributed by atoms with Crippen LogP contribution in [0.4, 0.5) is 5.69 Å². The van der Waals surface area contributed by atoms with E-state index in [1.165, 1.54) is 0 Å². The normalized spacial score (nSPS) is 9.64. The molecule has 4 heteroatoms. The standard InChI is InChI=1S/C16H16ClNO2.C2H6/c1-2-3-11-4-9-15(19)14(10-11)16(20)18-13-7-5-12(17)6-8-13;1-2/h4-10,19H,2-3H2,1H3,(H,18,20);1-2H3. The molecule has 0 aliphatic heterocycles. The molecule has 2 aromatic rings. The van der Waals surface area contributed by atoms with E-state index < -0.39 is 0 Å². The van der Waals surface area contributed by atoms with Crippen LogP contribution in [-0.2, 0) is 6.42 Å². The van der Waals surface area contributed by atoms with Crippen molar-refractivity contribution in [3.8, 4) is 5.75 Å². The Bertz CT molecular complexity index is 609. The van der Waals surface area contributed by atoms with Crippen molar-refractivity contribution in [1.82, 2.24) is 0 Å². The molecule has 0 saturated heterocycles. The lowest BCUT2D eigenvalue weighted by Crippen LogP contribution is -2.12. The van der Waals surface area contributed by atoms with Crippen molar-refractivity contribution in [1.29, 1.82) is 0 Å². The largest absolute Gasteiger partial charge is 0.507 e. The third kappa shape index (κ3) is 5.08. The van der Waals surface area contributed by atoms with E-state index in [1.807, 2.05) is 19.9 Å². The average molecular weight is 320 g/mol. The maximum absolute atomic E-state index is 12.2. The maximum atomic E-state index is 12.2. The summed E-state index contributed by atoms with van der Waals surface area (Å²) in [6.45, 7) is 6.07. The minimum Gasteiger partial charge on any atom is -0.507 e. The van der Waals surface area contributed by atoms with Crippen molar-refractivity contribution >= 4 is 23.2 Å². The van der Waals surface area contributed by atoms with E-state index in [2.05, 4.69) is 12.2 Å². The highest BCUT2D eigenvalue weighted by molar-refractivity contribution is 6.30. The zero-order valence-corrected chi connectivity index (χ0v) is 13.9. The lowest BCUT2D eigenvalue weighted by molar-refractivity contribution is 0.102. The molecule has 2 rings (SSSR count). The highest BCUT2D eigenvalue weighted by Gasteiger charge is 2.12. The second-order valence-electron chi connectivity index (χ2n) is 4.56. The minimum atomic E-state index is -0.331. The molecule has 0 radical (unpaired) electrons. The van der Waals surface area contributed by atoms with Crippen LogP contribution in [0.15, 0.2) is 42.5 Å². The summed E-state index contributed by atoms with van der Waals surface area (Å²) in [6.07, 6.45) is 1.87. The smallest absolute Gasteiger partial charge is 0.259 e. The lowest BCUT2D eigenvalue weighted by Gasteiger charge is -2.09. The van der Waals surface area contributed by atoms with Gasteiger partial charge in [-0.2, -0.15) is 0 Å². The Kier molecular flexibility index (Phi) is 7.47. The van der Waals surface area contributed by atoms with E-state index in [0.29, 0.717) is 10.7 Å². The third-order valence-electron chi connectivity index (χ3n) is 2.95. The molecule has 0 bridgehead atoms. The molecule has 0 atom stereocenters. The van der Waals surface area contributed by atoms with Gasteiger partial charge >= 0.3 is 0 Å². The van der Waals surface area contributed by atoms with E-state index in [4.69, 9.17) is 11.6 Å². The molecule has 2 aromatic carbocycles. The second kappa shape index (κ2) is 9.11. The molecule has 22 heavy (non-hydrogen) atoms. The van der Waals surface area contributed by atoms with Crippen molar-refractivity contribution < 1.29 is 9.90 Å². The number of amides is 1. The second-order valence-corrected chi connectivity index (χ2v) is 5.00. The Morgan fingerprint density at radius 2 is 1.77 bits per heavy atom. The Labute approximate surface area is 136 Å². The third-order valence-corrected chi connectivity index (χ3v) is 3.20.